The van der Waals surface area contributed by atoms with E-state index >= 15 is 0 Å². The molecule has 4 heteroatoms. The molecule has 0 aromatic heterocycles. The second-order valence-corrected chi connectivity index (χ2v) is 3.77. The number of hydrogen-bond donors (Lipinski definition) is 1. The first-order valence-corrected chi connectivity index (χ1v) is 4.96. The number of nitrogens with two attached hydrogens (primary N) is 1. The summed E-state index contributed by atoms with van der Waals surface area (Å²) in [5.41, 5.74) is 7.03. The molecule has 2 rings (SSSR count). The van der Waals surface area contributed by atoms with E-state index in [4.69, 9.17) is 17.3 Å². The maximum absolute atomic E-state index is 13.2. The minimum atomic E-state index is -0.553. The zero-order chi connectivity index (χ0) is 11.7. The monoisotopic (exact) mass is 239 g/mol. The Kier molecular flexibility index (Phi) is 2.79. The van der Waals surface area contributed by atoms with Crippen LogP contribution < -0.4 is 5.73 Å². The standard InChI is InChI=1S/C12H8ClF2N/c13-10-3-1-7(5-11(10)15)9-6-8(14)2-4-12(9)16/h1-6H,16H2. The molecule has 0 aliphatic rings. The highest BCUT2D eigenvalue weighted by Gasteiger charge is 2.07. The Morgan fingerprint density at radius 2 is 1.75 bits per heavy atom. The van der Waals surface area contributed by atoms with Gasteiger partial charge in [0.2, 0.25) is 0 Å². The van der Waals surface area contributed by atoms with Crippen molar-refractivity contribution in [3.63, 3.8) is 0 Å². The number of hydrogen-bond acceptors (Lipinski definition) is 1. The quantitative estimate of drug-likeness (QED) is 0.751. The molecule has 2 N–H and O–H groups in total. The van der Waals surface area contributed by atoms with Gasteiger partial charge in [0.05, 0.1) is 5.02 Å². The predicted octanol–water partition coefficient (Wildman–Crippen LogP) is 3.87. The zero-order valence-corrected chi connectivity index (χ0v) is 8.93. The van der Waals surface area contributed by atoms with Gasteiger partial charge in [-0.25, -0.2) is 8.78 Å². The van der Waals surface area contributed by atoms with Gasteiger partial charge < -0.3 is 5.73 Å². The number of anilines is 1. The molecule has 0 bridgehead atoms. The number of benzene rings is 2. The molecule has 0 amide bonds. The van der Waals surface area contributed by atoms with Gasteiger partial charge in [-0.05, 0) is 35.9 Å². The first-order valence-electron chi connectivity index (χ1n) is 4.58. The summed E-state index contributed by atoms with van der Waals surface area (Å²) in [6.07, 6.45) is 0. The maximum atomic E-state index is 13.2. The molecule has 0 saturated heterocycles. The summed E-state index contributed by atoms with van der Waals surface area (Å²) in [5.74, 6) is -0.970. The molecule has 2 aromatic carbocycles. The first kappa shape index (κ1) is 10.9. The first-order chi connectivity index (χ1) is 7.58. The van der Waals surface area contributed by atoms with Gasteiger partial charge in [-0.2, -0.15) is 0 Å². The highest BCUT2D eigenvalue weighted by molar-refractivity contribution is 6.30. The fourth-order valence-corrected chi connectivity index (χ4v) is 1.56. The van der Waals surface area contributed by atoms with Crippen molar-refractivity contribution in [1.82, 2.24) is 0 Å². The molecule has 2 aromatic rings. The SMILES string of the molecule is Nc1ccc(F)cc1-c1ccc(Cl)c(F)c1. The van der Waals surface area contributed by atoms with Crippen molar-refractivity contribution in [2.24, 2.45) is 0 Å². The van der Waals surface area contributed by atoms with Crippen molar-refractivity contribution >= 4 is 17.3 Å². The Labute approximate surface area is 96.5 Å². The second kappa shape index (κ2) is 4.10. The van der Waals surface area contributed by atoms with Crippen LogP contribution in [0.2, 0.25) is 5.02 Å². The van der Waals surface area contributed by atoms with E-state index in [1.165, 1.54) is 30.3 Å². The molecule has 0 saturated carbocycles. The van der Waals surface area contributed by atoms with Crippen molar-refractivity contribution < 1.29 is 8.78 Å². The smallest absolute Gasteiger partial charge is 0.142 e. The molecular formula is C12H8ClF2N. The Hall–Kier alpha value is -1.61. The van der Waals surface area contributed by atoms with E-state index < -0.39 is 11.6 Å². The Balaban J connectivity index is 2.58. The molecule has 0 atom stereocenters. The third-order valence-electron chi connectivity index (χ3n) is 2.25. The highest BCUT2D eigenvalue weighted by atomic mass is 35.5. The molecule has 16 heavy (non-hydrogen) atoms. The lowest BCUT2D eigenvalue weighted by molar-refractivity contribution is 0.626. The van der Waals surface area contributed by atoms with Crippen LogP contribution in [0.3, 0.4) is 0 Å². The third kappa shape index (κ3) is 1.99. The average Bonchev–Trinajstić information content (AvgIpc) is 2.26. The summed E-state index contributed by atoms with van der Waals surface area (Å²) in [4.78, 5) is 0. The van der Waals surface area contributed by atoms with E-state index in [0.29, 0.717) is 16.8 Å². The Bertz CT molecular complexity index is 541. The average molecular weight is 240 g/mol. The molecule has 82 valence electrons. The topological polar surface area (TPSA) is 26.0 Å². The van der Waals surface area contributed by atoms with Gasteiger partial charge in [0.25, 0.3) is 0 Å². The van der Waals surface area contributed by atoms with Crippen LogP contribution in [0.15, 0.2) is 36.4 Å². The minimum Gasteiger partial charge on any atom is -0.398 e. The summed E-state index contributed by atoms with van der Waals surface area (Å²) in [5, 5.41) is 0.0266. The molecular weight excluding hydrogens is 232 g/mol. The molecule has 0 heterocycles. The van der Waals surface area contributed by atoms with Crippen molar-refractivity contribution in [3.05, 3.63) is 53.1 Å². The number of rotatable bonds is 1. The fraction of sp³-hybridized carbons (Fsp3) is 0. The zero-order valence-electron chi connectivity index (χ0n) is 8.18. The summed E-state index contributed by atoms with van der Waals surface area (Å²) in [6.45, 7) is 0. The number of halogens is 3. The van der Waals surface area contributed by atoms with E-state index in [1.54, 1.807) is 6.07 Å². The van der Waals surface area contributed by atoms with E-state index in [9.17, 15) is 8.78 Å². The summed E-state index contributed by atoms with van der Waals surface area (Å²) in [7, 11) is 0. The fourth-order valence-electron chi connectivity index (χ4n) is 1.44. The van der Waals surface area contributed by atoms with Crippen molar-refractivity contribution in [3.8, 4) is 11.1 Å². The van der Waals surface area contributed by atoms with Gasteiger partial charge in [0.15, 0.2) is 0 Å². The van der Waals surface area contributed by atoms with Gasteiger partial charge >= 0.3 is 0 Å². The largest absolute Gasteiger partial charge is 0.398 e. The van der Waals surface area contributed by atoms with Gasteiger partial charge in [-0.1, -0.05) is 17.7 Å². The van der Waals surface area contributed by atoms with Gasteiger partial charge in [0.1, 0.15) is 11.6 Å². The van der Waals surface area contributed by atoms with Crippen LogP contribution in [-0.2, 0) is 0 Å². The maximum Gasteiger partial charge on any atom is 0.142 e. The Morgan fingerprint density at radius 1 is 1.00 bits per heavy atom. The Morgan fingerprint density at radius 3 is 2.44 bits per heavy atom. The minimum absolute atomic E-state index is 0.0266. The van der Waals surface area contributed by atoms with Crippen LogP contribution in [0, 0.1) is 11.6 Å². The van der Waals surface area contributed by atoms with E-state index in [-0.39, 0.29) is 5.02 Å². The molecule has 0 aliphatic heterocycles. The number of nitrogen functional groups attached to an aromatic ring is 1. The normalized spacial score (nSPS) is 10.4. The van der Waals surface area contributed by atoms with E-state index in [2.05, 4.69) is 0 Å². The molecule has 0 unspecified atom stereocenters. The lowest BCUT2D eigenvalue weighted by atomic mass is 10.0. The highest BCUT2D eigenvalue weighted by Crippen LogP contribution is 2.29. The van der Waals surface area contributed by atoms with Gasteiger partial charge in [-0.3, -0.25) is 0 Å². The van der Waals surface area contributed by atoms with Crippen LogP contribution in [-0.4, -0.2) is 0 Å². The van der Waals surface area contributed by atoms with Crippen LogP contribution in [0.25, 0.3) is 11.1 Å². The van der Waals surface area contributed by atoms with Crippen LogP contribution in [0.1, 0.15) is 0 Å². The van der Waals surface area contributed by atoms with Gasteiger partial charge in [-0.15, -0.1) is 0 Å². The van der Waals surface area contributed by atoms with Crippen molar-refractivity contribution in [2.75, 3.05) is 5.73 Å². The molecule has 0 spiro atoms. The van der Waals surface area contributed by atoms with Crippen LogP contribution in [0.5, 0.6) is 0 Å². The molecule has 0 radical (unpaired) electrons. The summed E-state index contributed by atoms with van der Waals surface area (Å²) >= 11 is 5.56. The van der Waals surface area contributed by atoms with Crippen molar-refractivity contribution in [2.45, 2.75) is 0 Å². The summed E-state index contributed by atoms with van der Waals surface area (Å²) in [6, 6.07) is 8.20. The predicted molar refractivity (Wildman–Crippen MR) is 61.2 cm³/mol. The molecule has 0 fully saturated rings. The van der Waals surface area contributed by atoms with Crippen LogP contribution >= 0.6 is 11.6 Å². The molecule has 1 nitrogen and oxygen atoms in total. The lowest BCUT2D eigenvalue weighted by Crippen LogP contribution is -1.91. The van der Waals surface area contributed by atoms with E-state index in [1.807, 2.05) is 0 Å². The third-order valence-corrected chi connectivity index (χ3v) is 2.55. The van der Waals surface area contributed by atoms with Crippen LogP contribution in [0.4, 0.5) is 14.5 Å². The van der Waals surface area contributed by atoms with Gasteiger partial charge in [0, 0.05) is 11.3 Å². The van der Waals surface area contributed by atoms with E-state index in [0.717, 1.165) is 0 Å². The summed E-state index contributed by atoms with van der Waals surface area (Å²) < 4.78 is 26.3. The molecule has 0 aliphatic carbocycles. The van der Waals surface area contributed by atoms with Crippen molar-refractivity contribution in [1.29, 1.82) is 0 Å². The second-order valence-electron chi connectivity index (χ2n) is 3.36. The lowest BCUT2D eigenvalue weighted by Gasteiger charge is -2.06.